The lowest BCUT2D eigenvalue weighted by atomic mass is 10.6. The van der Waals surface area contributed by atoms with Crippen molar-refractivity contribution in [2.24, 2.45) is 0 Å². The van der Waals surface area contributed by atoms with Gasteiger partial charge in [0.2, 0.25) is 0 Å². The lowest BCUT2D eigenvalue weighted by Gasteiger charge is -2.25. The third kappa shape index (κ3) is 5.45. The average Bonchev–Trinajstić information content (AvgIpc) is 2.24. The van der Waals surface area contributed by atoms with Crippen LogP contribution < -0.4 is 0 Å². The molecule has 4 heteroatoms. The summed E-state index contributed by atoms with van der Waals surface area (Å²) in [6, 6.07) is 2.23. The van der Waals surface area contributed by atoms with Crippen molar-refractivity contribution in [2.75, 3.05) is 26.5 Å². The van der Waals surface area contributed by atoms with Gasteiger partial charge in [0.15, 0.2) is 0 Å². The van der Waals surface area contributed by atoms with Crippen LogP contribution in [-0.2, 0) is 8.85 Å². The lowest BCUT2D eigenvalue weighted by Crippen LogP contribution is -2.39. The summed E-state index contributed by atoms with van der Waals surface area (Å²) in [5.74, 6) is 0. The fourth-order valence-corrected chi connectivity index (χ4v) is 5.14. The molecule has 0 spiro atoms. The van der Waals surface area contributed by atoms with Crippen LogP contribution in [0.4, 0.5) is 0 Å². The first kappa shape index (κ1) is 14.6. The first-order valence-corrected chi connectivity index (χ1v) is 9.20. The van der Waals surface area contributed by atoms with Gasteiger partial charge in [-0.3, -0.25) is 0 Å². The molecule has 0 saturated heterocycles. The molecule has 0 bridgehead atoms. The van der Waals surface area contributed by atoms with Crippen molar-refractivity contribution in [3.8, 4) is 0 Å². The highest BCUT2D eigenvalue weighted by Crippen LogP contribution is 2.22. The van der Waals surface area contributed by atoms with Crippen LogP contribution in [0.15, 0.2) is 0 Å². The van der Waals surface area contributed by atoms with E-state index in [0.717, 1.165) is 20.7 Å². The maximum absolute atomic E-state index is 5.56. The van der Waals surface area contributed by atoms with Crippen LogP contribution in [0.5, 0.6) is 0 Å². The molecule has 0 rings (SSSR count). The van der Waals surface area contributed by atoms with E-state index < -0.39 is 8.56 Å². The topological polar surface area (TPSA) is 18.5 Å². The molecule has 1 unspecified atom stereocenters. The second-order valence-corrected chi connectivity index (χ2v) is 8.87. The van der Waals surface area contributed by atoms with Crippen LogP contribution in [-0.4, -0.2) is 35.1 Å². The normalized spacial score (nSPS) is 12.9. The molecule has 0 aromatic rings. The van der Waals surface area contributed by atoms with Gasteiger partial charge in [-0.05, 0) is 30.8 Å². The van der Waals surface area contributed by atoms with Crippen LogP contribution in [0, 0.1) is 0 Å². The van der Waals surface area contributed by atoms with Gasteiger partial charge in [0, 0.05) is 14.2 Å². The molecule has 1 atom stereocenters. The third-order valence-corrected chi connectivity index (χ3v) is 7.86. The Labute approximate surface area is 91.8 Å². The number of hydrogen-bond donors (Lipinski definition) is 0. The summed E-state index contributed by atoms with van der Waals surface area (Å²) in [5, 5.41) is 0. The van der Waals surface area contributed by atoms with E-state index in [1.807, 2.05) is 0 Å². The molecule has 0 heterocycles. The minimum absolute atomic E-state index is 1.07. The number of rotatable bonds is 9. The third-order valence-electron chi connectivity index (χ3n) is 2.62. The van der Waals surface area contributed by atoms with E-state index >= 15 is 0 Å². The van der Waals surface area contributed by atoms with Crippen molar-refractivity contribution in [1.29, 1.82) is 0 Å². The van der Waals surface area contributed by atoms with Crippen LogP contribution >= 0.6 is 8.58 Å². The highest BCUT2D eigenvalue weighted by molar-refractivity contribution is 7.37. The Balaban J connectivity index is 3.61. The molecule has 0 N–H and O–H groups in total. The van der Waals surface area contributed by atoms with Crippen LogP contribution in [0.3, 0.4) is 0 Å². The Bertz CT molecular complexity index is 121. The fraction of sp³-hybridized carbons (Fsp3) is 1.00. The number of hydrogen-bond acceptors (Lipinski definition) is 2. The molecule has 14 heavy (non-hydrogen) atoms. The van der Waals surface area contributed by atoms with Crippen molar-refractivity contribution < 1.29 is 8.85 Å². The molecule has 86 valence electrons. The zero-order valence-electron chi connectivity index (χ0n) is 10.1. The van der Waals surface area contributed by atoms with Crippen molar-refractivity contribution in [3.63, 3.8) is 0 Å². The monoisotopic (exact) mass is 236 g/mol. The SMILES string of the molecule is CCCPCCC[Si](CC)(OC)OC. The second kappa shape index (κ2) is 8.84. The maximum Gasteiger partial charge on any atom is 0.337 e. The Kier molecular flexibility index (Phi) is 9.20. The van der Waals surface area contributed by atoms with Crippen LogP contribution in [0.25, 0.3) is 0 Å². The van der Waals surface area contributed by atoms with Gasteiger partial charge in [0.1, 0.15) is 0 Å². The summed E-state index contributed by atoms with van der Waals surface area (Å²) in [7, 11) is 2.96. The summed E-state index contributed by atoms with van der Waals surface area (Å²) >= 11 is 0. The van der Waals surface area contributed by atoms with Crippen molar-refractivity contribution in [3.05, 3.63) is 0 Å². The summed E-state index contributed by atoms with van der Waals surface area (Å²) < 4.78 is 11.1. The Morgan fingerprint density at radius 3 is 2.14 bits per heavy atom. The molecule has 0 amide bonds. The summed E-state index contributed by atoms with van der Waals surface area (Å²) in [5.41, 5.74) is 0. The van der Waals surface area contributed by atoms with Gasteiger partial charge in [0.05, 0.1) is 0 Å². The molecular formula is C10H25O2PSi. The van der Waals surface area contributed by atoms with E-state index in [1.165, 1.54) is 25.2 Å². The quantitative estimate of drug-likeness (QED) is 0.348. The van der Waals surface area contributed by atoms with Crippen molar-refractivity contribution in [2.45, 2.75) is 38.8 Å². The molecule has 0 radical (unpaired) electrons. The van der Waals surface area contributed by atoms with Gasteiger partial charge in [-0.2, -0.15) is 0 Å². The van der Waals surface area contributed by atoms with E-state index in [2.05, 4.69) is 13.8 Å². The van der Waals surface area contributed by atoms with Gasteiger partial charge >= 0.3 is 8.56 Å². The van der Waals surface area contributed by atoms with Gasteiger partial charge < -0.3 is 8.85 Å². The molecular weight excluding hydrogens is 211 g/mol. The average molecular weight is 236 g/mol. The first-order valence-electron chi connectivity index (χ1n) is 5.55. The maximum atomic E-state index is 5.56. The predicted molar refractivity (Wildman–Crippen MR) is 68.0 cm³/mol. The minimum atomic E-state index is -1.77. The van der Waals surface area contributed by atoms with Gasteiger partial charge in [0.25, 0.3) is 0 Å². The van der Waals surface area contributed by atoms with Crippen molar-refractivity contribution >= 4 is 17.1 Å². The zero-order chi connectivity index (χ0) is 10.9. The Morgan fingerprint density at radius 2 is 1.71 bits per heavy atom. The Hall–Kier alpha value is 0.567. The van der Waals surface area contributed by atoms with Crippen LogP contribution in [0.1, 0.15) is 26.7 Å². The molecule has 0 saturated carbocycles. The summed E-state index contributed by atoms with van der Waals surface area (Å²) in [6.45, 7) is 4.43. The highest BCUT2D eigenvalue weighted by atomic mass is 31.1. The minimum Gasteiger partial charge on any atom is -0.398 e. The largest absolute Gasteiger partial charge is 0.398 e. The molecule has 0 aromatic carbocycles. The molecule has 0 aliphatic carbocycles. The standard InChI is InChI=1S/C10H25O2PSi/c1-5-8-13-9-7-10-14(6-2,11-3)12-4/h13H,5-10H2,1-4H3. The first-order chi connectivity index (χ1) is 6.74. The van der Waals surface area contributed by atoms with E-state index in [4.69, 9.17) is 8.85 Å². The van der Waals surface area contributed by atoms with E-state index in [9.17, 15) is 0 Å². The van der Waals surface area contributed by atoms with Gasteiger partial charge in [-0.1, -0.05) is 20.3 Å². The fourth-order valence-electron chi connectivity index (χ4n) is 1.54. The zero-order valence-corrected chi connectivity index (χ0v) is 12.1. The lowest BCUT2D eigenvalue weighted by molar-refractivity contribution is 0.242. The molecule has 0 aliphatic heterocycles. The summed E-state index contributed by atoms with van der Waals surface area (Å²) in [6.07, 6.45) is 5.35. The predicted octanol–water partition coefficient (Wildman–Crippen LogP) is 3.22. The van der Waals surface area contributed by atoms with E-state index in [1.54, 1.807) is 14.2 Å². The second-order valence-electron chi connectivity index (χ2n) is 3.53. The van der Waals surface area contributed by atoms with E-state index in [-0.39, 0.29) is 0 Å². The molecule has 2 nitrogen and oxygen atoms in total. The molecule has 0 aliphatic rings. The van der Waals surface area contributed by atoms with Crippen molar-refractivity contribution in [1.82, 2.24) is 0 Å². The van der Waals surface area contributed by atoms with E-state index in [0.29, 0.717) is 0 Å². The molecule has 0 aromatic heterocycles. The highest BCUT2D eigenvalue weighted by Gasteiger charge is 2.32. The van der Waals surface area contributed by atoms with Crippen LogP contribution in [0.2, 0.25) is 12.1 Å². The smallest absolute Gasteiger partial charge is 0.337 e. The molecule has 0 fully saturated rings. The summed E-state index contributed by atoms with van der Waals surface area (Å²) in [4.78, 5) is 0. The van der Waals surface area contributed by atoms with Gasteiger partial charge in [-0.15, -0.1) is 8.58 Å². The van der Waals surface area contributed by atoms with Gasteiger partial charge in [-0.25, -0.2) is 0 Å². The Morgan fingerprint density at radius 1 is 1.07 bits per heavy atom.